The molecule has 0 radical (unpaired) electrons. The number of ether oxygens (including phenoxy) is 1. The van der Waals surface area contributed by atoms with Crippen LogP contribution in [0.15, 0.2) is 47.4 Å². The first-order valence-electron chi connectivity index (χ1n) is 7.49. The van der Waals surface area contributed by atoms with Crippen molar-refractivity contribution in [2.75, 3.05) is 23.8 Å². The predicted octanol–water partition coefficient (Wildman–Crippen LogP) is 3.42. The van der Waals surface area contributed by atoms with Gasteiger partial charge in [0.1, 0.15) is 0 Å². The van der Waals surface area contributed by atoms with Gasteiger partial charge in [-0.25, -0.2) is 8.42 Å². The normalized spacial score (nSPS) is 11.2. The molecule has 8 heteroatoms. The lowest BCUT2D eigenvalue weighted by atomic mass is 10.2. The molecule has 2 aromatic rings. The molecule has 2 rings (SSSR count). The third-order valence-corrected chi connectivity index (χ3v) is 5.13. The van der Waals surface area contributed by atoms with Gasteiger partial charge < -0.3 is 10.1 Å². The summed E-state index contributed by atoms with van der Waals surface area (Å²) in [6, 6.07) is 11.1. The Kier molecular flexibility index (Phi) is 6.41. The van der Waals surface area contributed by atoms with E-state index in [0.717, 1.165) is 0 Å². The van der Waals surface area contributed by atoms with Gasteiger partial charge in [-0.1, -0.05) is 23.7 Å². The van der Waals surface area contributed by atoms with Crippen LogP contribution in [0.4, 0.5) is 11.4 Å². The van der Waals surface area contributed by atoms with Crippen LogP contribution >= 0.6 is 11.6 Å². The maximum absolute atomic E-state index is 12.7. The number of aryl methyl sites for hydroxylation is 1. The average Bonchev–Trinajstić information content (AvgIpc) is 2.54. The van der Waals surface area contributed by atoms with Crippen LogP contribution < -0.4 is 10.0 Å². The largest absolute Gasteiger partial charge is 0.384 e. The van der Waals surface area contributed by atoms with Crippen molar-refractivity contribution >= 4 is 38.9 Å². The van der Waals surface area contributed by atoms with Crippen LogP contribution in [0.5, 0.6) is 0 Å². The number of carbonyl (C=O) groups excluding carboxylic acids is 1. The SMILES string of the molecule is COCCC(=O)Nc1ccc(C)c(S(=O)(=O)Nc2cccc(Cl)c2)c1. The molecule has 2 aromatic carbocycles. The predicted molar refractivity (Wildman–Crippen MR) is 98.6 cm³/mol. The fourth-order valence-electron chi connectivity index (χ4n) is 2.15. The zero-order chi connectivity index (χ0) is 18.4. The third-order valence-electron chi connectivity index (χ3n) is 3.37. The number of hydrogen-bond donors (Lipinski definition) is 2. The lowest BCUT2D eigenvalue weighted by Gasteiger charge is -2.13. The van der Waals surface area contributed by atoms with Crippen molar-refractivity contribution in [3.8, 4) is 0 Å². The van der Waals surface area contributed by atoms with Gasteiger partial charge >= 0.3 is 0 Å². The van der Waals surface area contributed by atoms with E-state index < -0.39 is 10.0 Å². The summed E-state index contributed by atoms with van der Waals surface area (Å²) >= 11 is 5.88. The molecule has 0 aromatic heterocycles. The molecule has 0 fully saturated rings. The first-order valence-corrected chi connectivity index (χ1v) is 9.36. The fourth-order valence-corrected chi connectivity index (χ4v) is 3.66. The summed E-state index contributed by atoms with van der Waals surface area (Å²) in [7, 11) is -2.32. The highest BCUT2D eigenvalue weighted by atomic mass is 35.5. The van der Waals surface area contributed by atoms with E-state index in [4.69, 9.17) is 16.3 Å². The van der Waals surface area contributed by atoms with E-state index in [1.165, 1.54) is 19.2 Å². The summed E-state index contributed by atoms with van der Waals surface area (Å²) in [5.74, 6) is -0.253. The molecule has 0 aliphatic rings. The maximum atomic E-state index is 12.7. The van der Waals surface area contributed by atoms with E-state index in [1.807, 2.05) is 0 Å². The summed E-state index contributed by atoms with van der Waals surface area (Å²) in [5, 5.41) is 3.08. The Bertz CT molecular complexity index is 869. The van der Waals surface area contributed by atoms with Crippen molar-refractivity contribution in [2.45, 2.75) is 18.2 Å². The van der Waals surface area contributed by atoms with Crippen LogP contribution in [-0.4, -0.2) is 28.0 Å². The number of carbonyl (C=O) groups is 1. The molecular weight excluding hydrogens is 364 g/mol. The molecule has 6 nitrogen and oxygen atoms in total. The van der Waals surface area contributed by atoms with Crippen molar-refractivity contribution in [1.29, 1.82) is 0 Å². The summed E-state index contributed by atoms with van der Waals surface area (Å²) < 4.78 is 32.6. The highest BCUT2D eigenvalue weighted by Gasteiger charge is 2.18. The molecule has 134 valence electrons. The highest BCUT2D eigenvalue weighted by Crippen LogP contribution is 2.24. The molecule has 2 N–H and O–H groups in total. The summed E-state index contributed by atoms with van der Waals surface area (Å²) in [6.45, 7) is 1.97. The van der Waals surface area contributed by atoms with E-state index in [1.54, 1.807) is 37.3 Å². The fraction of sp³-hybridized carbons (Fsp3) is 0.235. The van der Waals surface area contributed by atoms with E-state index in [-0.39, 0.29) is 17.2 Å². The Morgan fingerprint density at radius 3 is 2.60 bits per heavy atom. The minimum Gasteiger partial charge on any atom is -0.384 e. The number of sulfonamides is 1. The molecule has 0 bridgehead atoms. The Morgan fingerprint density at radius 1 is 1.16 bits per heavy atom. The van der Waals surface area contributed by atoms with Crippen LogP contribution in [0.2, 0.25) is 5.02 Å². The molecule has 0 atom stereocenters. The quantitative estimate of drug-likeness (QED) is 0.768. The van der Waals surface area contributed by atoms with Crippen LogP contribution in [0, 0.1) is 6.92 Å². The number of methoxy groups -OCH3 is 1. The van der Waals surface area contributed by atoms with Crippen molar-refractivity contribution in [3.63, 3.8) is 0 Å². The molecule has 25 heavy (non-hydrogen) atoms. The van der Waals surface area contributed by atoms with E-state index in [2.05, 4.69) is 10.0 Å². The van der Waals surface area contributed by atoms with Crippen molar-refractivity contribution in [2.24, 2.45) is 0 Å². The van der Waals surface area contributed by atoms with Crippen molar-refractivity contribution < 1.29 is 17.9 Å². The number of benzene rings is 2. The number of amides is 1. The van der Waals surface area contributed by atoms with Crippen LogP contribution in [0.3, 0.4) is 0 Å². The second-order valence-corrected chi connectivity index (χ2v) is 7.47. The van der Waals surface area contributed by atoms with E-state index in [9.17, 15) is 13.2 Å². The summed E-state index contributed by atoms with van der Waals surface area (Å²) in [5.41, 5.74) is 1.32. The molecule has 0 unspecified atom stereocenters. The van der Waals surface area contributed by atoms with Gasteiger partial charge in [-0.2, -0.15) is 0 Å². The Hall–Kier alpha value is -2.09. The molecule has 0 aliphatic heterocycles. The Morgan fingerprint density at radius 2 is 1.92 bits per heavy atom. The maximum Gasteiger partial charge on any atom is 0.262 e. The van der Waals surface area contributed by atoms with E-state index in [0.29, 0.717) is 28.6 Å². The lowest BCUT2D eigenvalue weighted by molar-refractivity contribution is -0.117. The molecule has 0 saturated carbocycles. The van der Waals surface area contributed by atoms with Gasteiger partial charge in [0.2, 0.25) is 5.91 Å². The van der Waals surface area contributed by atoms with Gasteiger partial charge in [0.05, 0.1) is 23.6 Å². The van der Waals surface area contributed by atoms with Crippen LogP contribution in [0.25, 0.3) is 0 Å². The smallest absolute Gasteiger partial charge is 0.262 e. The Balaban J connectivity index is 2.24. The zero-order valence-electron chi connectivity index (χ0n) is 13.9. The summed E-state index contributed by atoms with van der Waals surface area (Å²) in [6.07, 6.45) is 0.188. The van der Waals surface area contributed by atoms with Gasteiger partial charge in [0.15, 0.2) is 0 Å². The first-order chi connectivity index (χ1) is 11.8. The van der Waals surface area contributed by atoms with Crippen molar-refractivity contribution in [1.82, 2.24) is 0 Å². The first kappa shape index (κ1) is 19.2. The molecule has 1 amide bonds. The number of rotatable bonds is 7. The van der Waals surface area contributed by atoms with Gasteiger partial charge in [-0.15, -0.1) is 0 Å². The molecule has 0 saturated heterocycles. The molecular formula is C17H19ClN2O4S. The van der Waals surface area contributed by atoms with Gasteiger partial charge in [-0.3, -0.25) is 9.52 Å². The number of hydrogen-bond acceptors (Lipinski definition) is 4. The highest BCUT2D eigenvalue weighted by molar-refractivity contribution is 7.92. The zero-order valence-corrected chi connectivity index (χ0v) is 15.4. The lowest BCUT2D eigenvalue weighted by Crippen LogP contribution is -2.16. The van der Waals surface area contributed by atoms with Gasteiger partial charge in [-0.05, 0) is 42.8 Å². The van der Waals surface area contributed by atoms with Crippen LogP contribution in [-0.2, 0) is 19.6 Å². The number of anilines is 2. The molecule has 0 aliphatic carbocycles. The minimum atomic E-state index is -3.82. The second-order valence-electron chi connectivity index (χ2n) is 5.39. The summed E-state index contributed by atoms with van der Waals surface area (Å²) in [4.78, 5) is 11.9. The number of halogens is 1. The Labute approximate surface area is 152 Å². The monoisotopic (exact) mass is 382 g/mol. The van der Waals surface area contributed by atoms with E-state index >= 15 is 0 Å². The average molecular weight is 383 g/mol. The third kappa shape index (κ3) is 5.45. The van der Waals surface area contributed by atoms with Gasteiger partial charge in [0, 0.05) is 17.8 Å². The van der Waals surface area contributed by atoms with Crippen molar-refractivity contribution in [3.05, 3.63) is 53.1 Å². The molecule has 0 spiro atoms. The standard InChI is InChI=1S/C17H19ClN2O4S/c1-12-6-7-14(19-17(21)8-9-24-2)11-16(12)25(22,23)20-15-5-3-4-13(18)10-15/h3-7,10-11,20H,8-9H2,1-2H3,(H,19,21). The second kappa shape index (κ2) is 8.33. The molecule has 0 heterocycles. The number of nitrogens with one attached hydrogen (secondary N) is 2. The van der Waals surface area contributed by atoms with Crippen LogP contribution in [0.1, 0.15) is 12.0 Å². The van der Waals surface area contributed by atoms with Gasteiger partial charge in [0.25, 0.3) is 10.0 Å². The minimum absolute atomic E-state index is 0.0806. The topological polar surface area (TPSA) is 84.5 Å².